The maximum atomic E-state index is 12.5. The van der Waals surface area contributed by atoms with Gasteiger partial charge in [-0.15, -0.1) is 0 Å². The minimum atomic E-state index is -1.94. The van der Waals surface area contributed by atoms with Crippen molar-refractivity contribution in [2.45, 2.75) is 25.0 Å². The summed E-state index contributed by atoms with van der Waals surface area (Å²) < 4.78 is 18.4. The number of ether oxygens (including phenoxy) is 3. The van der Waals surface area contributed by atoms with Crippen molar-refractivity contribution in [3.05, 3.63) is 48.7 Å². The number of aromatic nitrogens is 2. The van der Waals surface area contributed by atoms with Crippen molar-refractivity contribution in [2.75, 3.05) is 13.7 Å². The number of hydrogen-bond acceptors (Lipinski definition) is 8. The van der Waals surface area contributed by atoms with E-state index in [1.807, 2.05) is 12.1 Å². The fraction of sp³-hybridized carbons (Fsp3) is 0.261. The summed E-state index contributed by atoms with van der Waals surface area (Å²) in [7, 11) is 1.43. The van der Waals surface area contributed by atoms with Crippen LogP contribution in [-0.4, -0.2) is 46.9 Å². The molecule has 174 valence electrons. The molecule has 0 saturated carbocycles. The minimum absolute atomic E-state index is 0.0613. The molecular formula is C23H21N5O6. The van der Waals surface area contributed by atoms with Crippen LogP contribution >= 0.6 is 0 Å². The van der Waals surface area contributed by atoms with Gasteiger partial charge in [0.1, 0.15) is 17.2 Å². The Kier molecular flexibility index (Phi) is 6.42. The minimum Gasteiger partial charge on any atom is -0.467 e. The van der Waals surface area contributed by atoms with E-state index in [0.717, 1.165) is 10.9 Å². The number of rotatable bonds is 9. The molecular weight excluding hydrogens is 442 g/mol. The van der Waals surface area contributed by atoms with Crippen LogP contribution < -0.4 is 20.1 Å². The second-order valence-electron chi connectivity index (χ2n) is 7.48. The third-order valence-corrected chi connectivity index (χ3v) is 5.25. The lowest BCUT2D eigenvalue weighted by Gasteiger charge is -2.34. The average molecular weight is 463 g/mol. The van der Waals surface area contributed by atoms with Crippen molar-refractivity contribution in [1.82, 2.24) is 20.4 Å². The molecule has 0 atom stereocenters. The van der Waals surface area contributed by atoms with Crippen molar-refractivity contribution in [1.29, 1.82) is 5.26 Å². The van der Waals surface area contributed by atoms with Gasteiger partial charge in [0.05, 0.1) is 37.4 Å². The van der Waals surface area contributed by atoms with Crippen LogP contribution in [0.5, 0.6) is 17.2 Å². The Morgan fingerprint density at radius 3 is 2.38 bits per heavy atom. The zero-order chi connectivity index (χ0) is 24.1. The van der Waals surface area contributed by atoms with Crippen LogP contribution in [0.2, 0.25) is 0 Å². The number of nitrogens with zero attached hydrogens (tertiary/aromatic N) is 3. The van der Waals surface area contributed by atoms with Gasteiger partial charge in [-0.25, -0.2) is 4.79 Å². The SMILES string of the molecule is COCCC1(Oc2ccc(Oc3ccc4c(cnn4CCC#N)c3)cc2)C(=O)NC(=O)NC1=O. The first-order valence-electron chi connectivity index (χ1n) is 10.4. The molecule has 1 aliphatic heterocycles. The van der Waals surface area contributed by atoms with E-state index in [4.69, 9.17) is 19.5 Å². The van der Waals surface area contributed by atoms with Gasteiger partial charge in [0.2, 0.25) is 0 Å². The number of fused-ring (bicyclic) bond motifs is 1. The molecule has 0 radical (unpaired) electrons. The summed E-state index contributed by atoms with van der Waals surface area (Å²) in [4.78, 5) is 36.5. The van der Waals surface area contributed by atoms with Crippen LogP contribution in [0, 0.1) is 11.3 Å². The van der Waals surface area contributed by atoms with E-state index < -0.39 is 23.4 Å². The molecule has 11 heteroatoms. The highest BCUT2D eigenvalue weighted by molar-refractivity contribution is 6.21. The summed E-state index contributed by atoms with van der Waals surface area (Å²) in [6.45, 7) is 0.573. The first-order valence-corrected chi connectivity index (χ1v) is 10.4. The normalized spacial score (nSPS) is 14.9. The first kappa shape index (κ1) is 22.8. The van der Waals surface area contributed by atoms with Crippen LogP contribution in [0.4, 0.5) is 4.79 Å². The van der Waals surface area contributed by atoms with E-state index in [-0.39, 0.29) is 18.8 Å². The van der Waals surface area contributed by atoms with Crippen molar-refractivity contribution in [3.63, 3.8) is 0 Å². The summed E-state index contributed by atoms with van der Waals surface area (Å²) in [6.07, 6.45) is 1.99. The van der Waals surface area contributed by atoms with Crippen molar-refractivity contribution < 1.29 is 28.6 Å². The van der Waals surface area contributed by atoms with E-state index in [1.54, 1.807) is 41.2 Å². The van der Waals surface area contributed by atoms with E-state index in [0.29, 0.717) is 24.5 Å². The van der Waals surface area contributed by atoms with Gasteiger partial charge in [-0.05, 0) is 42.5 Å². The zero-order valence-electron chi connectivity index (χ0n) is 18.2. The summed E-state index contributed by atoms with van der Waals surface area (Å²) in [5.41, 5.74) is -1.04. The van der Waals surface area contributed by atoms with Crippen LogP contribution in [0.15, 0.2) is 48.7 Å². The van der Waals surface area contributed by atoms with Crippen molar-refractivity contribution in [3.8, 4) is 23.3 Å². The Morgan fingerprint density at radius 1 is 1.03 bits per heavy atom. The van der Waals surface area contributed by atoms with Gasteiger partial charge < -0.3 is 14.2 Å². The van der Waals surface area contributed by atoms with Crippen LogP contribution in [0.1, 0.15) is 12.8 Å². The van der Waals surface area contributed by atoms with E-state index in [1.165, 1.54) is 7.11 Å². The number of imide groups is 2. The van der Waals surface area contributed by atoms with Crippen LogP contribution in [-0.2, 0) is 20.9 Å². The molecule has 1 fully saturated rings. The Hall–Kier alpha value is -4.43. The van der Waals surface area contributed by atoms with Gasteiger partial charge in [0.15, 0.2) is 0 Å². The van der Waals surface area contributed by atoms with Crippen LogP contribution in [0.3, 0.4) is 0 Å². The zero-order valence-corrected chi connectivity index (χ0v) is 18.2. The summed E-state index contributed by atoms with van der Waals surface area (Å²) in [5, 5.41) is 18.1. The third kappa shape index (κ3) is 4.53. The molecule has 4 amide bonds. The maximum Gasteiger partial charge on any atom is 0.328 e. The Bertz CT molecular complexity index is 1260. The molecule has 1 saturated heterocycles. The maximum absolute atomic E-state index is 12.5. The second kappa shape index (κ2) is 9.60. The molecule has 0 bridgehead atoms. The number of barbiturate groups is 1. The number of carbonyl (C=O) groups is 3. The van der Waals surface area contributed by atoms with Crippen molar-refractivity contribution in [2.24, 2.45) is 0 Å². The topological polar surface area (TPSA) is 145 Å². The third-order valence-electron chi connectivity index (χ3n) is 5.25. The molecule has 0 aliphatic carbocycles. The van der Waals surface area contributed by atoms with Gasteiger partial charge in [0.25, 0.3) is 17.4 Å². The quantitative estimate of drug-likeness (QED) is 0.460. The molecule has 2 heterocycles. The van der Waals surface area contributed by atoms with Gasteiger partial charge in [-0.3, -0.25) is 24.9 Å². The summed E-state index contributed by atoms with van der Waals surface area (Å²) >= 11 is 0. The number of nitrogens with one attached hydrogen (secondary N) is 2. The number of benzene rings is 2. The largest absolute Gasteiger partial charge is 0.467 e. The van der Waals surface area contributed by atoms with Gasteiger partial charge in [-0.2, -0.15) is 10.4 Å². The standard InChI is InChI=1S/C23H21N5O6/c1-32-12-9-23(20(29)26-22(31)27-21(23)30)34-17-5-3-16(4-6-17)33-18-7-8-19-15(13-18)14-25-28(19)11-2-10-24/h3-8,13-14H,2,9,11-12H2,1H3,(H2,26,27,29,30,31). The van der Waals surface area contributed by atoms with E-state index in [2.05, 4.69) is 21.8 Å². The van der Waals surface area contributed by atoms with Gasteiger partial charge >= 0.3 is 6.03 Å². The number of urea groups is 1. The Morgan fingerprint density at radius 2 is 1.71 bits per heavy atom. The number of aryl methyl sites for hydroxylation is 1. The highest BCUT2D eigenvalue weighted by Gasteiger charge is 2.52. The van der Waals surface area contributed by atoms with E-state index >= 15 is 0 Å². The molecule has 34 heavy (non-hydrogen) atoms. The Labute approximate surface area is 194 Å². The first-order chi connectivity index (χ1) is 16.4. The van der Waals surface area contributed by atoms with Gasteiger partial charge in [-0.1, -0.05) is 0 Å². The molecule has 0 unspecified atom stereocenters. The lowest BCUT2D eigenvalue weighted by atomic mass is 9.95. The molecule has 1 aliphatic rings. The molecule has 2 aromatic carbocycles. The fourth-order valence-electron chi connectivity index (χ4n) is 3.53. The fourth-order valence-corrected chi connectivity index (χ4v) is 3.53. The average Bonchev–Trinajstić information content (AvgIpc) is 3.22. The van der Waals surface area contributed by atoms with Crippen LogP contribution in [0.25, 0.3) is 10.9 Å². The van der Waals surface area contributed by atoms with Gasteiger partial charge in [0, 0.05) is 18.9 Å². The Balaban J connectivity index is 1.49. The number of methoxy groups -OCH3 is 1. The lowest BCUT2D eigenvalue weighted by molar-refractivity contribution is -0.153. The highest BCUT2D eigenvalue weighted by Crippen LogP contribution is 2.29. The molecule has 2 N–H and O–H groups in total. The molecule has 4 rings (SSSR count). The molecule has 3 aromatic rings. The number of hydrogen-bond donors (Lipinski definition) is 2. The summed E-state index contributed by atoms with van der Waals surface area (Å²) in [6, 6.07) is 13.1. The monoisotopic (exact) mass is 463 g/mol. The predicted molar refractivity (Wildman–Crippen MR) is 118 cm³/mol. The van der Waals surface area contributed by atoms with Crippen molar-refractivity contribution >= 4 is 28.7 Å². The number of amides is 4. The summed E-state index contributed by atoms with van der Waals surface area (Å²) in [5.74, 6) is -0.397. The second-order valence-corrected chi connectivity index (χ2v) is 7.48. The highest BCUT2D eigenvalue weighted by atomic mass is 16.5. The number of carbonyl (C=O) groups excluding carboxylic acids is 3. The smallest absolute Gasteiger partial charge is 0.328 e. The molecule has 11 nitrogen and oxygen atoms in total. The molecule has 1 aromatic heterocycles. The predicted octanol–water partition coefficient (Wildman–Crippen LogP) is 2.26. The molecule has 0 spiro atoms. The lowest BCUT2D eigenvalue weighted by Crippen LogP contribution is -2.69. The number of nitriles is 1. The van der Waals surface area contributed by atoms with E-state index in [9.17, 15) is 14.4 Å².